The molecule has 5 nitrogen and oxygen atoms in total. The highest BCUT2D eigenvalue weighted by atomic mass is 19.4. The molecule has 138 valence electrons. The Labute approximate surface area is 149 Å². The van der Waals surface area contributed by atoms with Crippen molar-refractivity contribution in [1.29, 1.82) is 0 Å². The molecule has 0 aromatic heterocycles. The fourth-order valence-corrected chi connectivity index (χ4v) is 3.47. The molecular formula is C18H19F3N4O. The number of carbonyl (C=O) groups is 1. The summed E-state index contributed by atoms with van der Waals surface area (Å²) in [6.45, 7) is 8.55. The summed E-state index contributed by atoms with van der Waals surface area (Å²) in [6.07, 6.45) is 0.210. The van der Waals surface area contributed by atoms with E-state index in [-0.39, 0.29) is 5.69 Å². The van der Waals surface area contributed by atoms with Crippen molar-refractivity contribution in [2.24, 2.45) is 11.0 Å². The van der Waals surface area contributed by atoms with Crippen LogP contribution in [0.25, 0.3) is 4.85 Å². The molecule has 0 saturated heterocycles. The van der Waals surface area contributed by atoms with E-state index in [2.05, 4.69) is 20.7 Å². The van der Waals surface area contributed by atoms with Gasteiger partial charge in [-0.1, -0.05) is 18.9 Å². The number of hydrogen-bond donors (Lipinski definition) is 2. The van der Waals surface area contributed by atoms with Crippen LogP contribution in [-0.2, 0) is 11.0 Å². The van der Waals surface area contributed by atoms with Crippen LogP contribution in [0.4, 0.5) is 24.5 Å². The highest BCUT2D eigenvalue weighted by Crippen LogP contribution is 2.38. The lowest BCUT2D eigenvalue weighted by Crippen LogP contribution is -2.48. The Morgan fingerprint density at radius 3 is 2.69 bits per heavy atom. The maximum Gasteiger partial charge on any atom is 0.407 e. The van der Waals surface area contributed by atoms with Crippen molar-refractivity contribution in [2.45, 2.75) is 50.7 Å². The number of nitrogens with zero attached hydrogens (tertiary/aromatic N) is 2. The van der Waals surface area contributed by atoms with Gasteiger partial charge in [0.25, 0.3) is 5.91 Å². The second kappa shape index (κ2) is 6.63. The van der Waals surface area contributed by atoms with Gasteiger partial charge in [-0.2, -0.15) is 18.3 Å². The zero-order valence-corrected chi connectivity index (χ0v) is 14.3. The number of alkyl halides is 3. The number of amides is 1. The van der Waals surface area contributed by atoms with Gasteiger partial charge >= 0.3 is 6.18 Å². The molecule has 2 N–H and O–H groups in total. The standard InChI is InChI=1S/C18H19F3N4O/c1-17(10-15(24-25-17)11-5-3-4-6-11)16(26)23-12-7-8-14(22-2)13(9-12)18(19,20)21/h7-9,11,25H,3-6,10H2,1H3,(H,23,26). The number of rotatable bonds is 3. The third kappa shape index (κ3) is 3.52. The van der Waals surface area contributed by atoms with Crippen LogP contribution in [0.5, 0.6) is 0 Å². The average molecular weight is 364 g/mol. The fourth-order valence-electron chi connectivity index (χ4n) is 3.47. The Morgan fingerprint density at radius 1 is 1.38 bits per heavy atom. The van der Waals surface area contributed by atoms with E-state index in [0.717, 1.165) is 43.5 Å². The Hall–Kier alpha value is -2.56. The summed E-state index contributed by atoms with van der Waals surface area (Å²) in [5.41, 5.74) is 1.28. The molecule has 1 saturated carbocycles. The molecule has 8 heteroatoms. The van der Waals surface area contributed by atoms with Gasteiger partial charge in [0.1, 0.15) is 5.54 Å². The van der Waals surface area contributed by atoms with Crippen molar-refractivity contribution in [1.82, 2.24) is 5.43 Å². The second-order valence-corrected chi connectivity index (χ2v) is 7.00. The molecular weight excluding hydrogens is 345 g/mol. The van der Waals surface area contributed by atoms with E-state index in [1.165, 1.54) is 6.07 Å². The number of hydrazone groups is 1. The minimum Gasteiger partial charge on any atom is -0.324 e. The van der Waals surface area contributed by atoms with Crippen molar-refractivity contribution in [3.05, 3.63) is 35.2 Å². The molecule has 1 aromatic rings. The first-order valence-electron chi connectivity index (χ1n) is 8.47. The van der Waals surface area contributed by atoms with Crippen molar-refractivity contribution in [2.75, 3.05) is 5.32 Å². The van der Waals surface area contributed by atoms with Crippen LogP contribution >= 0.6 is 0 Å². The number of nitrogens with one attached hydrogen (secondary N) is 2. The molecule has 1 heterocycles. The number of benzene rings is 1. The molecule has 1 aromatic carbocycles. The van der Waals surface area contributed by atoms with E-state index in [4.69, 9.17) is 6.57 Å². The monoisotopic (exact) mass is 364 g/mol. The van der Waals surface area contributed by atoms with Crippen LogP contribution in [0.3, 0.4) is 0 Å². The minimum absolute atomic E-state index is 0.00654. The first-order valence-corrected chi connectivity index (χ1v) is 8.47. The van der Waals surface area contributed by atoms with Gasteiger partial charge in [-0.3, -0.25) is 10.2 Å². The van der Waals surface area contributed by atoms with Gasteiger partial charge in [-0.05, 0) is 37.8 Å². The van der Waals surface area contributed by atoms with Crippen LogP contribution in [-0.4, -0.2) is 17.2 Å². The van der Waals surface area contributed by atoms with E-state index in [0.29, 0.717) is 12.3 Å². The maximum atomic E-state index is 13.1. The third-order valence-corrected chi connectivity index (χ3v) is 4.99. The summed E-state index contributed by atoms with van der Waals surface area (Å²) in [4.78, 5) is 15.5. The van der Waals surface area contributed by atoms with E-state index in [9.17, 15) is 18.0 Å². The van der Waals surface area contributed by atoms with E-state index in [1.54, 1.807) is 6.92 Å². The number of halogens is 3. The summed E-state index contributed by atoms with van der Waals surface area (Å²) >= 11 is 0. The van der Waals surface area contributed by atoms with Gasteiger partial charge in [0, 0.05) is 17.8 Å². The van der Waals surface area contributed by atoms with E-state index in [1.807, 2.05) is 0 Å². The normalized spacial score (nSPS) is 23.3. The Morgan fingerprint density at radius 2 is 2.08 bits per heavy atom. The fraction of sp³-hybridized carbons (Fsp3) is 0.500. The summed E-state index contributed by atoms with van der Waals surface area (Å²) in [7, 11) is 0. The SMILES string of the molecule is [C-]#[N+]c1ccc(NC(=O)C2(C)CC(C3CCCC3)=NN2)cc1C(F)(F)F. The lowest BCUT2D eigenvalue weighted by Gasteiger charge is -2.23. The first-order chi connectivity index (χ1) is 12.2. The Kier molecular flexibility index (Phi) is 4.65. The summed E-state index contributed by atoms with van der Waals surface area (Å²) in [5, 5.41) is 6.83. The largest absolute Gasteiger partial charge is 0.407 e. The topological polar surface area (TPSA) is 57.9 Å². The van der Waals surface area contributed by atoms with Gasteiger partial charge < -0.3 is 5.32 Å². The zero-order chi connectivity index (χ0) is 18.9. The van der Waals surface area contributed by atoms with E-state index >= 15 is 0 Å². The van der Waals surface area contributed by atoms with E-state index < -0.39 is 28.9 Å². The van der Waals surface area contributed by atoms with Gasteiger partial charge in [-0.25, -0.2) is 4.85 Å². The molecule has 1 amide bonds. The van der Waals surface area contributed by atoms with Crippen molar-refractivity contribution in [3.8, 4) is 0 Å². The molecule has 26 heavy (non-hydrogen) atoms. The summed E-state index contributed by atoms with van der Waals surface area (Å²) in [6, 6.07) is 3.16. The number of anilines is 1. The highest BCUT2D eigenvalue weighted by molar-refractivity contribution is 6.04. The number of carbonyl (C=O) groups excluding carboxylic acids is 1. The van der Waals surface area contributed by atoms with Crippen LogP contribution in [0.1, 0.15) is 44.6 Å². The second-order valence-electron chi connectivity index (χ2n) is 7.00. The maximum absolute atomic E-state index is 13.1. The lowest BCUT2D eigenvalue weighted by atomic mass is 9.89. The molecule has 0 bridgehead atoms. The summed E-state index contributed by atoms with van der Waals surface area (Å²) in [5.74, 6) is -0.0650. The number of hydrogen-bond acceptors (Lipinski definition) is 3. The van der Waals surface area contributed by atoms with Gasteiger partial charge in [0.15, 0.2) is 5.69 Å². The van der Waals surface area contributed by atoms with Crippen molar-refractivity contribution < 1.29 is 18.0 Å². The first kappa shape index (κ1) is 18.2. The Balaban J connectivity index is 1.73. The Bertz CT molecular complexity index is 791. The third-order valence-electron chi connectivity index (χ3n) is 4.99. The predicted molar refractivity (Wildman–Crippen MR) is 91.9 cm³/mol. The van der Waals surface area contributed by atoms with Crippen LogP contribution in [0, 0.1) is 12.5 Å². The predicted octanol–water partition coefficient (Wildman–Crippen LogP) is 4.49. The van der Waals surface area contributed by atoms with Crippen molar-refractivity contribution in [3.63, 3.8) is 0 Å². The van der Waals surface area contributed by atoms with Gasteiger partial charge in [0.2, 0.25) is 0 Å². The van der Waals surface area contributed by atoms with Gasteiger partial charge in [0.05, 0.1) is 12.1 Å². The minimum atomic E-state index is -4.66. The summed E-state index contributed by atoms with van der Waals surface area (Å²) < 4.78 is 39.2. The molecule has 3 rings (SSSR count). The van der Waals surface area contributed by atoms with Crippen molar-refractivity contribution >= 4 is 23.0 Å². The average Bonchev–Trinajstić information content (AvgIpc) is 3.24. The molecule has 2 aliphatic rings. The van der Waals surface area contributed by atoms with Crippen LogP contribution in [0.15, 0.2) is 23.3 Å². The highest BCUT2D eigenvalue weighted by Gasteiger charge is 2.41. The van der Waals surface area contributed by atoms with Gasteiger partial charge in [-0.15, -0.1) is 0 Å². The lowest BCUT2D eigenvalue weighted by molar-refractivity contribution is -0.136. The van der Waals surface area contributed by atoms with Crippen LogP contribution in [0.2, 0.25) is 0 Å². The zero-order valence-electron chi connectivity index (χ0n) is 14.3. The molecule has 1 aliphatic heterocycles. The smallest absolute Gasteiger partial charge is 0.324 e. The molecule has 0 radical (unpaired) electrons. The molecule has 1 aliphatic carbocycles. The molecule has 0 spiro atoms. The molecule has 1 fully saturated rings. The van der Waals surface area contributed by atoms with Crippen LogP contribution < -0.4 is 10.7 Å². The quantitative estimate of drug-likeness (QED) is 0.776. The molecule has 1 atom stereocenters. The molecule has 1 unspecified atom stereocenters.